The zero-order valence-corrected chi connectivity index (χ0v) is 12.6. The number of halogens is 1. The third-order valence-corrected chi connectivity index (χ3v) is 7.28. The van der Waals surface area contributed by atoms with Crippen molar-refractivity contribution < 1.29 is 21.2 Å². The average Bonchev–Trinajstić information content (AvgIpc) is 2.29. The summed E-state index contributed by atoms with van der Waals surface area (Å²) >= 11 is 0. The first kappa shape index (κ1) is 15.4. The molecule has 0 aromatic heterocycles. The molecular weight excluding hydrogens is 305 g/mol. The Morgan fingerprint density at radius 3 is 2.20 bits per heavy atom. The number of sulfone groups is 1. The topological polar surface area (TPSA) is 71.5 Å². The van der Waals surface area contributed by atoms with Gasteiger partial charge in [-0.3, -0.25) is 0 Å². The fraction of sp³-hybridized carbons (Fsp3) is 0.500. The number of nitrogens with zero attached hydrogens (tertiary/aromatic N) is 1. The van der Waals surface area contributed by atoms with Crippen molar-refractivity contribution in [1.29, 1.82) is 0 Å². The summed E-state index contributed by atoms with van der Waals surface area (Å²) in [6, 6.07) is 5.22. The second-order valence-corrected chi connectivity index (χ2v) is 9.31. The molecule has 0 amide bonds. The van der Waals surface area contributed by atoms with E-state index in [9.17, 15) is 21.2 Å². The first-order valence-electron chi connectivity index (χ1n) is 6.18. The van der Waals surface area contributed by atoms with E-state index in [1.807, 2.05) is 0 Å². The lowest BCUT2D eigenvalue weighted by molar-refractivity contribution is 0.309. The van der Waals surface area contributed by atoms with E-state index < -0.39 is 30.9 Å². The van der Waals surface area contributed by atoms with Crippen molar-refractivity contribution in [3.8, 4) is 0 Å². The van der Waals surface area contributed by atoms with Gasteiger partial charge in [0.05, 0.1) is 11.0 Å². The molecule has 0 aliphatic carbocycles. The second-order valence-electron chi connectivity index (χ2n) is 4.77. The molecule has 1 aliphatic rings. The van der Waals surface area contributed by atoms with E-state index in [1.54, 1.807) is 6.92 Å². The van der Waals surface area contributed by atoms with Crippen molar-refractivity contribution in [2.45, 2.75) is 17.9 Å². The van der Waals surface area contributed by atoms with E-state index in [2.05, 4.69) is 0 Å². The summed E-state index contributed by atoms with van der Waals surface area (Å²) in [7, 11) is -6.73. The van der Waals surface area contributed by atoms with Crippen molar-refractivity contribution in [1.82, 2.24) is 4.31 Å². The molecule has 0 atom stereocenters. The van der Waals surface area contributed by atoms with E-state index in [4.69, 9.17) is 0 Å². The van der Waals surface area contributed by atoms with Gasteiger partial charge in [-0.05, 0) is 17.7 Å². The molecule has 2 rings (SSSR count). The third-order valence-electron chi connectivity index (χ3n) is 3.38. The van der Waals surface area contributed by atoms with Gasteiger partial charge in [-0.1, -0.05) is 19.1 Å². The number of sulfonamides is 1. The Bertz CT molecular complexity index is 677. The number of rotatable bonds is 5. The number of benzene rings is 1. The lowest BCUT2D eigenvalue weighted by atomic mass is 10.2. The van der Waals surface area contributed by atoms with Crippen molar-refractivity contribution in [2.75, 3.05) is 18.8 Å². The molecule has 1 aromatic carbocycles. The highest BCUT2D eigenvalue weighted by molar-refractivity contribution is 7.92. The zero-order chi connectivity index (χ0) is 15.0. The van der Waals surface area contributed by atoms with Gasteiger partial charge in [0.2, 0.25) is 10.0 Å². The molecule has 0 unspecified atom stereocenters. The lowest BCUT2D eigenvalue weighted by Gasteiger charge is -2.37. The maximum atomic E-state index is 12.8. The van der Waals surface area contributed by atoms with Gasteiger partial charge < -0.3 is 0 Å². The fourth-order valence-corrected chi connectivity index (χ4v) is 5.06. The van der Waals surface area contributed by atoms with Crippen LogP contribution in [0.15, 0.2) is 24.3 Å². The summed E-state index contributed by atoms with van der Waals surface area (Å²) in [6.07, 6.45) is 0. The van der Waals surface area contributed by atoms with Gasteiger partial charge in [-0.25, -0.2) is 21.2 Å². The molecule has 1 heterocycles. The van der Waals surface area contributed by atoms with E-state index in [0.29, 0.717) is 5.56 Å². The SMILES string of the molecule is CCS(=O)(=O)C1CN(S(=O)(=O)Cc2ccc(F)cc2)C1. The maximum Gasteiger partial charge on any atom is 0.218 e. The largest absolute Gasteiger partial charge is 0.228 e. The zero-order valence-electron chi connectivity index (χ0n) is 11.0. The monoisotopic (exact) mass is 321 g/mol. The van der Waals surface area contributed by atoms with Crippen LogP contribution in [0.3, 0.4) is 0 Å². The summed E-state index contributed by atoms with van der Waals surface area (Å²) in [5.74, 6) is -0.653. The van der Waals surface area contributed by atoms with Crippen molar-refractivity contribution in [3.05, 3.63) is 35.6 Å². The van der Waals surface area contributed by atoms with Gasteiger partial charge in [0, 0.05) is 18.8 Å². The molecule has 20 heavy (non-hydrogen) atoms. The van der Waals surface area contributed by atoms with Gasteiger partial charge >= 0.3 is 0 Å². The lowest BCUT2D eigenvalue weighted by Crippen LogP contribution is -2.57. The summed E-state index contributed by atoms with van der Waals surface area (Å²) in [6.45, 7) is 1.57. The van der Waals surface area contributed by atoms with Gasteiger partial charge in [0.15, 0.2) is 9.84 Å². The Balaban J connectivity index is 2.02. The van der Waals surface area contributed by atoms with Crippen LogP contribution >= 0.6 is 0 Å². The van der Waals surface area contributed by atoms with Crippen LogP contribution in [0.25, 0.3) is 0 Å². The summed E-state index contributed by atoms with van der Waals surface area (Å²) in [5, 5.41) is -0.601. The molecule has 5 nitrogen and oxygen atoms in total. The van der Waals surface area contributed by atoms with Gasteiger partial charge in [0.25, 0.3) is 0 Å². The van der Waals surface area contributed by atoms with Gasteiger partial charge in [-0.2, -0.15) is 4.31 Å². The molecule has 1 aliphatic heterocycles. The highest BCUT2D eigenvalue weighted by atomic mass is 32.2. The average molecular weight is 321 g/mol. The van der Waals surface area contributed by atoms with Gasteiger partial charge in [-0.15, -0.1) is 0 Å². The Morgan fingerprint density at radius 2 is 1.70 bits per heavy atom. The molecule has 112 valence electrons. The van der Waals surface area contributed by atoms with E-state index >= 15 is 0 Å². The minimum atomic E-state index is -3.54. The minimum Gasteiger partial charge on any atom is -0.228 e. The highest BCUT2D eigenvalue weighted by Gasteiger charge is 2.41. The van der Waals surface area contributed by atoms with Crippen LogP contribution in [0.1, 0.15) is 12.5 Å². The Kier molecular flexibility index (Phi) is 4.17. The summed E-state index contributed by atoms with van der Waals surface area (Å²) in [5.41, 5.74) is 0.480. The first-order chi connectivity index (χ1) is 9.24. The van der Waals surface area contributed by atoms with Crippen LogP contribution in [-0.2, 0) is 25.6 Å². The van der Waals surface area contributed by atoms with E-state index in [1.165, 1.54) is 24.3 Å². The summed E-state index contributed by atoms with van der Waals surface area (Å²) in [4.78, 5) is 0. The van der Waals surface area contributed by atoms with Crippen LogP contribution in [-0.4, -0.2) is 45.2 Å². The Hall–Kier alpha value is -0.990. The standard InChI is InChI=1S/C12H16FNO4S2/c1-2-19(15,16)12-7-14(8-12)20(17,18)9-10-3-5-11(13)6-4-10/h3-6,12H,2,7-9H2,1H3. The van der Waals surface area contributed by atoms with Crippen LogP contribution in [0.5, 0.6) is 0 Å². The van der Waals surface area contributed by atoms with Crippen molar-refractivity contribution >= 4 is 19.9 Å². The van der Waals surface area contributed by atoms with Crippen LogP contribution < -0.4 is 0 Å². The molecule has 1 fully saturated rings. The minimum absolute atomic E-state index is 0.0136. The maximum absolute atomic E-state index is 12.8. The number of hydrogen-bond donors (Lipinski definition) is 0. The number of hydrogen-bond acceptors (Lipinski definition) is 4. The first-order valence-corrected chi connectivity index (χ1v) is 9.51. The third kappa shape index (κ3) is 3.18. The molecule has 0 radical (unpaired) electrons. The quantitative estimate of drug-likeness (QED) is 0.803. The molecule has 8 heteroatoms. The van der Waals surface area contributed by atoms with Crippen molar-refractivity contribution in [2.24, 2.45) is 0 Å². The molecule has 0 saturated carbocycles. The van der Waals surface area contributed by atoms with Gasteiger partial charge in [0.1, 0.15) is 5.82 Å². The van der Waals surface area contributed by atoms with Crippen molar-refractivity contribution in [3.63, 3.8) is 0 Å². The van der Waals surface area contributed by atoms with Crippen LogP contribution in [0.4, 0.5) is 4.39 Å². The van der Waals surface area contributed by atoms with Crippen LogP contribution in [0.2, 0.25) is 0 Å². The molecule has 1 aromatic rings. The fourth-order valence-electron chi connectivity index (χ4n) is 1.97. The Labute approximate surface area is 118 Å². The molecule has 0 bridgehead atoms. The van der Waals surface area contributed by atoms with E-state index in [-0.39, 0.29) is 24.6 Å². The molecule has 1 saturated heterocycles. The Morgan fingerprint density at radius 1 is 1.15 bits per heavy atom. The smallest absolute Gasteiger partial charge is 0.218 e. The van der Waals surface area contributed by atoms with Crippen LogP contribution in [0, 0.1) is 5.82 Å². The predicted octanol–water partition coefficient (Wildman–Crippen LogP) is 0.774. The summed E-state index contributed by atoms with van der Waals surface area (Å²) < 4.78 is 61.2. The normalized spacial score (nSPS) is 17.9. The molecular formula is C12H16FNO4S2. The molecule has 0 spiro atoms. The second kappa shape index (κ2) is 5.42. The molecule has 0 N–H and O–H groups in total. The highest BCUT2D eigenvalue weighted by Crippen LogP contribution is 2.23. The van der Waals surface area contributed by atoms with E-state index in [0.717, 1.165) is 4.31 Å². The predicted molar refractivity (Wildman–Crippen MR) is 73.8 cm³/mol.